The van der Waals surface area contributed by atoms with E-state index in [1.165, 1.54) is 21.3 Å². The normalized spacial score (nSPS) is 10.7. The lowest BCUT2D eigenvalue weighted by Crippen LogP contribution is -2.35. The molecule has 0 saturated heterocycles. The van der Waals surface area contributed by atoms with Gasteiger partial charge in [-0.2, -0.15) is 4.68 Å². The number of aromatic nitrogens is 2. The minimum Gasteiger partial charge on any atom is -0.493 e. The number of benzene rings is 3. The van der Waals surface area contributed by atoms with Crippen LogP contribution in [0, 0.1) is 0 Å². The molecule has 0 aliphatic rings. The maximum Gasteiger partial charge on any atom is 0.280 e. The van der Waals surface area contributed by atoms with Crippen LogP contribution in [0.15, 0.2) is 65.5 Å². The average molecular weight is 475 g/mol. The fourth-order valence-electron chi connectivity index (χ4n) is 3.73. The fourth-order valence-corrected chi connectivity index (χ4v) is 3.73. The Morgan fingerprint density at radius 1 is 0.914 bits per heavy atom. The van der Waals surface area contributed by atoms with Gasteiger partial charge in [-0.15, -0.1) is 0 Å². The summed E-state index contributed by atoms with van der Waals surface area (Å²) in [5.74, 6) is 0.936. The highest BCUT2D eigenvalue weighted by molar-refractivity contribution is 6.01. The van der Waals surface area contributed by atoms with Crippen molar-refractivity contribution in [1.29, 1.82) is 0 Å². The van der Waals surface area contributed by atoms with Crippen LogP contribution in [0.1, 0.15) is 10.4 Å². The molecular weight excluding hydrogens is 448 g/mol. The average Bonchev–Trinajstić information content (AvgIpc) is 2.89. The molecule has 0 saturated carbocycles. The van der Waals surface area contributed by atoms with Crippen LogP contribution in [0.4, 0.5) is 5.69 Å². The van der Waals surface area contributed by atoms with Crippen molar-refractivity contribution in [2.75, 3.05) is 45.8 Å². The number of carbonyl (C=O) groups excluding carboxylic acids is 1. The number of nitrogens with zero attached hydrogens (tertiary/aromatic N) is 3. The zero-order valence-electron chi connectivity index (χ0n) is 20.2. The molecule has 1 aromatic heterocycles. The monoisotopic (exact) mass is 474 g/mol. The number of anilines is 1. The number of amides is 1. The molecule has 35 heavy (non-hydrogen) atoms. The van der Waals surface area contributed by atoms with Gasteiger partial charge in [0.05, 0.1) is 32.2 Å². The van der Waals surface area contributed by atoms with Gasteiger partial charge in [0.25, 0.3) is 11.5 Å². The molecule has 180 valence electrons. The molecule has 0 radical (unpaired) electrons. The van der Waals surface area contributed by atoms with Crippen LogP contribution in [0.5, 0.6) is 17.2 Å². The number of methoxy groups -OCH3 is 3. The molecule has 0 spiro atoms. The van der Waals surface area contributed by atoms with Gasteiger partial charge >= 0.3 is 0 Å². The van der Waals surface area contributed by atoms with E-state index in [0.29, 0.717) is 39.3 Å². The van der Waals surface area contributed by atoms with Gasteiger partial charge in [0.15, 0.2) is 17.3 Å². The smallest absolute Gasteiger partial charge is 0.280 e. The van der Waals surface area contributed by atoms with Crippen molar-refractivity contribution < 1.29 is 19.0 Å². The zero-order valence-corrected chi connectivity index (χ0v) is 20.2. The van der Waals surface area contributed by atoms with E-state index >= 15 is 0 Å². The molecular formula is C26H26N4O5. The van der Waals surface area contributed by atoms with E-state index in [1.54, 1.807) is 54.6 Å². The van der Waals surface area contributed by atoms with E-state index in [2.05, 4.69) is 5.43 Å². The summed E-state index contributed by atoms with van der Waals surface area (Å²) < 4.78 is 17.5. The van der Waals surface area contributed by atoms with E-state index in [4.69, 9.17) is 19.2 Å². The standard InChI is InChI=1S/C26H26N4O5/c1-29(2)18-10-8-9-16(13-18)25(31)28-30-24(27-20-12-7-6-11-19(20)26(30)32)17-14-21(33-3)23(35-5)22(15-17)34-4/h6-15H,1-5H3,(H,28,31). The molecule has 4 rings (SSSR count). The van der Waals surface area contributed by atoms with Crippen LogP contribution in [0.25, 0.3) is 22.3 Å². The Bertz CT molecular complexity index is 1440. The molecule has 0 unspecified atom stereocenters. The van der Waals surface area contributed by atoms with Gasteiger partial charge < -0.3 is 19.1 Å². The van der Waals surface area contributed by atoms with Gasteiger partial charge in [0.1, 0.15) is 0 Å². The molecule has 3 aromatic carbocycles. The molecule has 0 fully saturated rings. The Kier molecular flexibility index (Phi) is 6.59. The second-order valence-electron chi connectivity index (χ2n) is 7.89. The Hall–Kier alpha value is -4.53. The van der Waals surface area contributed by atoms with E-state index in [0.717, 1.165) is 10.4 Å². The summed E-state index contributed by atoms with van der Waals surface area (Å²) in [7, 11) is 8.28. The van der Waals surface area contributed by atoms with Crippen molar-refractivity contribution in [3.8, 4) is 28.6 Å². The molecule has 1 N–H and O–H groups in total. The lowest BCUT2D eigenvalue weighted by Gasteiger charge is -2.18. The summed E-state index contributed by atoms with van der Waals surface area (Å²) in [4.78, 5) is 33.3. The third kappa shape index (κ3) is 4.48. The lowest BCUT2D eigenvalue weighted by molar-refractivity contribution is 0.101. The summed E-state index contributed by atoms with van der Waals surface area (Å²) in [6.07, 6.45) is 0. The van der Waals surface area contributed by atoms with Crippen molar-refractivity contribution in [3.63, 3.8) is 0 Å². The van der Waals surface area contributed by atoms with E-state index in [-0.39, 0.29) is 5.82 Å². The van der Waals surface area contributed by atoms with E-state index in [1.807, 2.05) is 25.1 Å². The Labute approximate surface area is 202 Å². The highest BCUT2D eigenvalue weighted by Crippen LogP contribution is 2.40. The summed E-state index contributed by atoms with van der Waals surface area (Å²) in [6, 6.07) is 17.4. The van der Waals surface area contributed by atoms with Crippen LogP contribution < -0.4 is 30.1 Å². The first kappa shape index (κ1) is 23.6. The van der Waals surface area contributed by atoms with Crippen molar-refractivity contribution in [1.82, 2.24) is 9.66 Å². The van der Waals surface area contributed by atoms with Crippen molar-refractivity contribution >= 4 is 22.5 Å². The predicted molar refractivity (Wildman–Crippen MR) is 136 cm³/mol. The fraction of sp³-hybridized carbons (Fsp3) is 0.192. The van der Waals surface area contributed by atoms with Gasteiger partial charge in [0.2, 0.25) is 5.75 Å². The number of carbonyl (C=O) groups is 1. The molecule has 0 atom stereocenters. The topological polar surface area (TPSA) is 94.9 Å². The third-order valence-electron chi connectivity index (χ3n) is 5.54. The minimum absolute atomic E-state index is 0.213. The maximum atomic E-state index is 13.5. The third-order valence-corrected chi connectivity index (χ3v) is 5.54. The quantitative estimate of drug-likeness (QED) is 0.438. The molecule has 0 aliphatic heterocycles. The van der Waals surface area contributed by atoms with Gasteiger partial charge in [-0.1, -0.05) is 18.2 Å². The Morgan fingerprint density at radius 3 is 2.23 bits per heavy atom. The highest BCUT2D eigenvalue weighted by atomic mass is 16.5. The summed E-state index contributed by atoms with van der Waals surface area (Å²) in [5.41, 5.74) is 4.53. The van der Waals surface area contributed by atoms with Gasteiger partial charge in [0, 0.05) is 30.9 Å². The Balaban J connectivity index is 1.91. The first-order valence-electron chi connectivity index (χ1n) is 10.8. The first-order valence-corrected chi connectivity index (χ1v) is 10.8. The molecule has 9 nitrogen and oxygen atoms in total. The molecule has 0 bridgehead atoms. The first-order chi connectivity index (χ1) is 16.9. The Morgan fingerprint density at radius 2 is 1.60 bits per heavy atom. The maximum absolute atomic E-state index is 13.5. The predicted octanol–water partition coefficient (Wildman–Crippen LogP) is 3.54. The summed E-state index contributed by atoms with van der Waals surface area (Å²) in [6.45, 7) is 0. The van der Waals surface area contributed by atoms with Crippen LogP contribution in [-0.4, -0.2) is 51.0 Å². The van der Waals surface area contributed by atoms with E-state index in [9.17, 15) is 9.59 Å². The molecule has 1 amide bonds. The molecule has 9 heteroatoms. The van der Waals surface area contributed by atoms with Crippen molar-refractivity contribution in [2.24, 2.45) is 0 Å². The van der Waals surface area contributed by atoms with E-state index < -0.39 is 11.5 Å². The minimum atomic E-state index is -0.457. The van der Waals surface area contributed by atoms with Crippen LogP contribution in [0.2, 0.25) is 0 Å². The molecule has 1 heterocycles. The van der Waals surface area contributed by atoms with Crippen molar-refractivity contribution in [2.45, 2.75) is 0 Å². The van der Waals surface area contributed by atoms with Crippen LogP contribution in [0.3, 0.4) is 0 Å². The van der Waals surface area contributed by atoms with Gasteiger partial charge in [-0.3, -0.25) is 15.0 Å². The number of hydrogen-bond donors (Lipinski definition) is 1. The molecule has 4 aromatic rings. The lowest BCUT2D eigenvalue weighted by atomic mass is 10.1. The number of hydrogen-bond acceptors (Lipinski definition) is 7. The number of fused-ring (bicyclic) bond motifs is 1. The summed E-state index contributed by atoms with van der Waals surface area (Å²) in [5, 5.41) is 0.367. The van der Waals surface area contributed by atoms with Gasteiger partial charge in [-0.05, 0) is 42.5 Å². The highest BCUT2D eigenvalue weighted by Gasteiger charge is 2.20. The number of para-hydroxylation sites is 1. The molecule has 0 aliphatic carbocycles. The second kappa shape index (κ2) is 9.76. The summed E-state index contributed by atoms with van der Waals surface area (Å²) >= 11 is 0. The SMILES string of the molecule is COc1cc(-c2nc3ccccc3c(=O)n2NC(=O)c2cccc(N(C)C)c2)cc(OC)c1OC. The second-order valence-corrected chi connectivity index (χ2v) is 7.89. The zero-order chi connectivity index (χ0) is 25.1. The van der Waals surface area contributed by atoms with Crippen LogP contribution in [-0.2, 0) is 0 Å². The number of nitrogens with one attached hydrogen (secondary N) is 1. The largest absolute Gasteiger partial charge is 0.493 e. The number of ether oxygens (including phenoxy) is 3. The van der Waals surface area contributed by atoms with Gasteiger partial charge in [-0.25, -0.2) is 4.98 Å². The van der Waals surface area contributed by atoms with Crippen molar-refractivity contribution in [3.05, 3.63) is 76.6 Å². The number of rotatable bonds is 7. The van der Waals surface area contributed by atoms with Crippen LogP contribution >= 0.6 is 0 Å².